The van der Waals surface area contributed by atoms with Crippen LogP contribution in [0.2, 0.25) is 0 Å². The van der Waals surface area contributed by atoms with Crippen molar-refractivity contribution in [3.63, 3.8) is 0 Å². The monoisotopic (exact) mass is 354 g/mol. The lowest BCUT2D eigenvalue weighted by molar-refractivity contribution is 0.292. The molecular weight excluding hydrogens is 328 g/mol. The Morgan fingerprint density at radius 3 is 2.50 bits per heavy atom. The minimum absolute atomic E-state index is 0. The van der Waals surface area contributed by atoms with Crippen LogP contribution in [0.4, 0.5) is 5.82 Å². The second-order valence-electron chi connectivity index (χ2n) is 5.58. The first-order chi connectivity index (χ1) is 11.0. The maximum atomic E-state index is 5.76. The van der Waals surface area contributed by atoms with Gasteiger partial charge in [-0.25, -0.2) is 0 Å². The second kappa shape index (κ2) is 9.39. The molecule has 1 heterocycles. The number of halogens is 1. The summed E-state index contributed by atoms with van der Waals surface area (Å²) < 4.78 is 12.9. The number of para-hydroxylation sites is 2. The Kier molecular flexibility index (Phi) is 7.88. The van der Waals surface area contributed by atoms with Crippen LogP contribution in [0.1, 0.15) is 11.3 Å². The topological polar surface area (TPSA) is 51.6 Å². The number of nitrogens with one attached hydrogen (secondary N) is 1. The van der Waals surface area contributed by atoms with E-state index in [1.165, 1.54) is 5.56 Å². The van der Waals surface area contributed by atoms with Crippen molar-refractivity contribution < 1.29 is 9.47 Å². The molecule has 0 radical (unpaired) electrons. The van der Waals surface area contributed by atoms with Gasteiger partial charge in [-0.15, -0.1) is 12.4 Å². The van der Waals surface area contributed by atoms with Crippen molar-refractivity contribution in [1.82, 2.24) is 15.1 Å². The number of anilines is 1. The Hall–Kier alpha value is -1.92. The highest BCUT2D eigenvalue weighted by atomic mass is 35.5. The van der Waals surface area contributed by atoms with Gasteiger partial charge in [-0.05, 0) is 19.1 Å². The van der Waals surface area contributed by atoms with E-state index in [1.807, 2.05) is 57.0 Å². The molecular formula is C17H27ClN4O2. The van der Waals surface area contributed by atoms with Crippen LogP contribution in [0.15, 0.2) is 24.3 Å². The lowest BCUT2D eigenvalue weighted by Crippen LogP contribution is -2.23. The smallest absolute Gasteiger partial charge is 0.161 e. The summed E-state index contributed by atoms with van der Waals surface area (Å²) in [5, 5.41) is 7.90. The summed E-state index contributed by atoms with van der Waals surface area (Å²) in [5.74, 6) is 2.65. The molecule has 0 fully saturated rings. The maximum Gasteiger partial charge on any atom is 0.161 e. The second-order valence-corrected chi connectivity index (χ2v) is 5.58. The van der Waals surface area contributed by atoms with Crippen LogP contribution in [0.3, 0.4) is 0 Å². The summed E-state index contributed by atoms with van der Waals surface area (Å²) in [6, 6.07) is 7.67. The first kappa shape index (κ1) is 20.1. The first-order valence-corrected chi connectivity index (χ1v) is 7.71. The van der Waals surface area contributed by atoms with E-state index >= 15 is 0 Å². The summed E-state index contributed by atoms with van der Waals surface area (Å²) in [6.45, 7) is 4.13. The molecule has 0 bridgehead atoms. The number of aryl methyl sites for hydroxylation is 2. The first-order valence-electron chi connectivity index (χ1n) is 7.71. The van der Waals surface area contributed by atoms with E-state index < -0.39 is 0 Å². The van der Waals surface area contributed by atoms with Gasteiger partial charge < -0.3 is 19.7 Å². The van der Waals surface area contributed by atoms with Gasteiger partial charge in [0.05, 0.1) is 12.8 Å². The zero-order valence-corrected chi connectivity index (χ0v) is 15.8. The molecule has 0 atom stereocenters. The number of hydrogen-bond acceptors (Lipinski definition) is 5. The van der Waals surface area contributed by atoms with Gasteiger partial charge in [0.25, 0.3) is 0 Å². The highest BCUT2D eigenvalue weighted by Gasteiger charge is 2.14. The van der Waals surface area contributed by atoms with Gasteiger partial charge >= 0.3 is 0 Å². The van der Waals surface area contributed by atoms with Crippen LogP contribution >= 0.6 is 12.4 Å². The van der Waals surface area contributed by atoms with Crippen molar-refractivity contribution in [3.8, 4) is 11.5 Å². The van der Waals surface area contributed by atoms with Gasteiger partial charge in [-0.1, -0.05) is 12.1 Å². The third-order valence-corrected chi connectivity index (χ3v) is 3.64. The summed E-state index contributed by atoms with van der Waals surface area (Å²) in [4.78, 5) is 2.09. The highest BCUT2D eigenvalue weighted by Crippen LogP contribution is 2.25. The average molecular weight is 355 g/mol. The highest BCUT2D eigenvalue weighted by molar-refractivity contribution is 5.85. The van der Waals surface area contributed by atoms with Crippen molar-refractivity contribution in [1.29, 1.82) is 0 Å². The van der Waals surface area contributed by atoms with Crippen molar-refractivity contribution in [2.24, 2.45) is 7.05 Å². The van der Waals surface area contributed by atoms with Gasteiger partial charge in [0.15, 0.2) is 11.5 Å². The fourth-order valence-electron chi connectivity index (χ4n) is 2.64. The lowest BCUT2D eigenvalue weighted by Gasteiger charge is -2.16. The number of hydrogen-bond donors (Lipinski definition) is 1. The quantitative estimate of drug-likeness (QED) is 0.738. The fourth-order valence-corrected chi connectivity index (χ4v) is 2.64. The number of nitrogens with zero attached hydrogens (tertiary/aromatic N) is 3. The lowest BCUT2D eigenvalue weighted by atomic mass is 10.2. The Balaban J connectivity index is 0.00000288. The molecule has 6 nitrogen and oxygen atoms in total. The van der Waals surface area contributed by atoms with E-state index in [0.717, 1.165) is 36.1 Å². The van der Waals surface area contributed by atoms with E-state index in [2.05, 4.69) is 15.3 Å². The van der Waals surface area contributed by atoms with Crippen molar-refractivity contribution >= 4 is 18.2 Å². The van der Waals surface area contributed by atoms with Gasteiger partial charge in [0.2, 0.25) is 0 Å². The molecule has 0 aliphatic rings. The van der Waals surface area contributed by atoms with E-state index in [4.69, 9.17) is 9.47 Å². The molecule has 1 N–H and O–H groups in total. The molecule has 0 unspecified atom stereocenters. The van der Waals surface area contributed by atoms with Crippen LogP contribution in [0.25, 0.3) is 0 Å². The Morgan fingerprint density at radius 1 is 1.21 bits per heavy atom. The SMILES string of the molecule is COc1ccccc1OCCNCc1c(C)nn(C)c1N(C)C.Cl. The molecule has 0 aliphatic heterocycles. The molecule has 0 spiro atoms. The van der Waals surface area contributed by atoms with Gasteiger partial charge in [0, 0.05) is 39.8 Å². The Labute approximate surface area is 150 Å². The maximum absolute atomic E-state index is 5.76. The minimum Gasteiger partial charge on any atom is -0.493 e. The molecule has 1 aromatic carbocycles. The molecule has 0 saturated heterocycles. The molecule has 0 saturated carbocycles. The number of methoxy groups -OCH3 is 1. The molecule has 2 rings (SSSR count). The Bertz CT molecular complexity index is 644. The minimum atomic E-state index is 0. The normalized spacial score (nSPS) is 10.2. The third kappa shape index (κ3) is 4.79. The number of aromatic nitrogens is 2. The molecule has 0 amide bonds. The van der Waals surface area contributed by atoms with Crippen LogP contribution in [0, 0.1) is 6.92 Å². The molecule has 134 valence electrons. The van der Waals surface area contributed by atoms with Crippen molar-refractivity contribution in [3.05, 3.63) is 35.5 Å². The summed E-state index contributed by atoms with van der Waals surface area (Å²) >= 11 is 0. The average Bonchev–Trinajstić information content (AvgIpc) is 2.81. The van der Waals surface area contributed by atoms with Crippen LogP contribution in [0.5, 0.6) is 11.5 Å². The molecule has 2 aromatic rings. The third-order valence-electron chi connectivity index (χ3n) is 3.64. The van der Waals surface area contributed by atoms with Crippen LogP contribution in [-0.2, 0) is 13.6 Å². The van der Waals surface area contributed by atoms with E-state index in [0.29, 0.717) is 6.61 Å². The standard InChI is InChI=1S/C17H26N4O2.ClH/c1-13-14(17(20(2)3)21(4)19-13)12-18-10-11-23-16-9-7-6-8-15(16)22-5;/h6-9,18H,10-12H2,1-5H3;1H. The molecule has 7 heteroatoms. The van der Waals surface area contributed by atoms with E-state index in [-0.39, 0.29) is 12.4 Å². The van der Waals surface area contributed by atoms with Crippen LogP contribution in [-0.4, -0.2) is 44.1 Å². The predicted octanol–water partition coefficient (Wildman–Crippen LogP) is 2.39. The number of benzene rings is 1. The predicted molar refractivity (Wildman–Crippen MR) is 99.7 cm³/mol. The van der Waals surface area contributed by atoms with Gasteiger partial charge in [-0.3, -0.25) is 4.68 Å². The van der Waals surface area contributed by atoms with E-state index in [1.54, 1.807) is 7.11 Å². The van der Waals surface area contributed by atoms with Crippen molar-refractivity contribution in [2.45, 2.75) is 13.5 Å². The summed E-state index contributed by atoms with van der Waals surface area (Å²) in [5.41, 5.74) is 2.27. The van der Waals surface area contributed by atoms with Crippen LogP contribution < -0.4 is 19.7 Å². The number of rotatable bonds is 8. The zero-order valence-electron chi connectivity index (χ0n) is 15.0. The molecule has 0 aliphatic carbocycles. The Morgan fingerprint density at radius 2 is 1.88 bits per heavy atom. The summed E-state index contributed by atoms with van der Waals surface area (Å²) in [7, 11) is 7.68. The summed E-state index contributed by atoms with van der Waals surface area (Å²) in [6.07, 6.45) is 0. The molecule has 1 aromatic heterocycles. The van der Waals surface area contributed by atoms with E-state index in [9.17, 15) is 0 Å². The van der Waals surface area contributed by atoms with Crippen molar-refractivity contribution in [2.75, 3.05) is 39.3 Å². The number of ether oxygens (including phenoxy) is 2. The van der Waals surface area contributed by atoms with Gasteiger partial charge in [-0.2, -0.15) is 5.10 Å². The fraction of sp³-hybridized carbons (Fsp3) is 0.471. The zero-order chi connectivity index (χ0) is 16.8. The molecule has 24 heavy (non-hydrogen) atoms. The largest absolute Gasteiger partial charge is 0.493 e. The van der Waals surface area contributed by atoms with Gasteiger partial charge in [0.1, 0.15) is 12.4 Å².